The van der Waals surface area contributed by atoms with Crippen LogP contribution < -0.4 is 10.1 Å². The van der Waals surface area contributed by atoms with Crippen molar-refractivity contribution in [2.24, 2.45) is 0 Å². The van der Waals surface area contributed by atoms with E-state index in [4.69, 9.17) is 9.26 Å². The highest BCUT2D eigenvalue weighted by Crippen LogP contribution is 2.38. The molecule has 3 aromatic rings. The minimum Gasteiger partial charge on any atom is -0.488 e. The second-order valence-electron chi connectivity index (χ2n) is 5.63. The van der Waals surface area contributed by atoms with Gasteiger partial charge in [-0.05, 0) is 36.2 Å². The van der Waals surface area contributed by atoms with Gasteiger partial charge < -0.3 is 14.6 Å². The predicted octanol–water partition coefficient (Wildman–Crippen LogP) is 4.05. The number of carbonyl (C=O) groups excluding carboxylic acids is 1. The number of ether oxygens (including phenoxy) is 1. The minimum atomic E-state index is -0.295. The summed E-state index contributed by atoms with van der Waals surface area (Å²) in [7, 11) is 0. The summed E-state index contributed by atoms with van der Waals surface area (Å²) >= 11 is 0. The molecular weight excluding hydrogens is 304 g/mol. The molecule has 0 unspecified atom stereocenters. The molecule has 0 saturated heterocycles. The van der Waals surface area contributed by atoms with Crippen molar-refractivity contribution in [2.45, 2.75) is 20.0 Å². The lowest BCUT2D eigenvalue weighted by Crippen LogP contribution is -2.16. The molecule has 0 spiro atoms. The number of nitrogens with one attached hydrogen (secondary N) is 1. The molecule has 1 aromatic heterocycles. The van der Waals surface area contributed by atoms with Crippen molar-refractivity contribution in [1.82, 2.24) is 5.16 Å². The fourth-order valence-corrected chi connectivity index (χ4v) is 2.82. The molecule has 24 heavy (non-hydrogen) atoms. The normalized spacial score (nSPS) is 12.0. The van der Waals surface area contributed by atoms with Crippen molar-refractivity contribution in [2.75, 3.05) is 5.32 Å². The summed E-state index contributed by atoms with van der Waals surface area (Å²) in [4.78, 5) is 12.6. The molecule has 1 aliphatic heterocycles. The van der Waals surface area contributed by atoms with Gasteiger partial charge in [-0.15, -0.1) is 0 Å². The third-order valence-electron chi connectivity index (χ3n) is 4.10. The summed E-state index contributed by atoms with van der Waals surface area (Å²) in [6, 6.07) is 15.3. The van der Waals surface area contributed by atoms with E-state index < -0.39 is 0 Å². The number of para-hydroxylation sites is 1. The maximum absolute atomic E-state index is 12.6. The number of nitrogens with zero attached hydrogens (tertiary/aromatic N) is 1. The van der Waals surface area contributed by atoms with Gasteiger partial charge in [-0.2, -0.15) is 0 Å². The highest BCUT2D eigenvalue weighted by Gasteiger charge is 2.28. The predicted molar refractivity (Wildman–Crippen MR) is 90.0 cm³/mol. The Hall–Kier alpha value is -3.08. The quantitative estimate of drug-likeness (QED) is 0.791. The molecule has 2 aromatic carbocycles. The SMILES string of the molecule is CCc1cccc(NC(=O)c2noc3c2COc2ccccc2-3)c1. The number of amides is 1. The first-order chi connectivity index (χ1) is 11.8. The Bertz CT molecular complexity index is 914. The number of benzene rings is 2. The average Bonchev–Trinajstić information content (AvgIpc) is 3.06. The lowest BCUT2D eigenvalue weighted by Gasteiger charge is -2.15. The summed E-state index contributed by atoms with van der Waals surface area (Å²) in [6.07, 6.45) is 0.910. The standard InChI is InChI=1S/C19H16N2O3/c1-2-12-6-5-7-13(10-12)20-19(22)17-15-11-23-16-9-4-3-8-14(16)18(15)24-21-17/h3-10H,2,11H2,1H3,(H,20,22). The summed E-state index contributed by atoms with van der Waals surface area (Å²) in [5.74, 6) is 1.05. The third-order valence-corrected chi connectivity index (χ3v) is 4.10. The van der Waals surface area contributed by atoms with Crippen LogP contribution in [0.1, 0.15) is 28.5 Å². The molecule has 0 atom stereocenters. The molecule has 1 amide bonds. The molecule has 5 heteroatoms. The highest BCUT2D eigenvalue weighted by atomic mass is 16.5. The summed E-state index contributed by atoms with van der Waals surface area (Å²) in [6.45, 7) is 2.34. The fourth-order valence-electron chi connectivity index (χ4n) is 2.82. The first kappa shape index (κ1) is 14.5. The van der Waals surface area contributed by atoms with Gasteiger partial charge in [-0.25, -0.2) is 0 Å². The number of carbonyl (C=O) groups is 1. The van der Waals surface area contributed by atoms with E-state index >= 15 is 0 Å². The van der Waals surface area contributed by atoms with Gasteiger partial charge in [-0.1, -0.05) is 36.3 Å². The van der Waals surface area contributed by atoms with Crippen molar-refractivity contribution >= 4 is 11.6 Å². The van der Waals surface area contributed by atoms with Crippen LogP contribution in [0, 0.1) is 0 Å². The lowest BCUT2D eigenvalue weighted by atomic mass is 10.0. The van der Waals surface area contributed by atoms with Crippen molar-refractivity contribution in [3.63, 3.8) is 0 Å². The lowest BCUT2D eigenvalue weighted by molar-refractivity contribution is 0.101. The van der Waals surface area contributed by atoms with E-state index in [-0.39, 0.29) is 18.2 Å². The van der Waals surface area contributed by atoms with Gasteiger partial charge in [0.2, 0.25) is 0 Å². The Morgan fingerprint density at radius 3 is 2.96 bits per heavy atom. The zero-order chi connectivity index (χ0) is 16.5. The molecule has 0 fully saturated rings. The molecule has 4 rings (SSSR count). The zero-order valence-corrected chi connectivity index (χ0v) is 13.2. The van der Waals surface area contributed by atoms with Crippen LogP contribution in [-0.4, -0.2) is 11.1 Å². The molecular formula is C19H16N2O3. The zero-order valence-electron chi connectivity index (χ0n) is 13.2. The molecule has 0 saturated carbocycles. The largest absolute Gasteiger partial charge is 0.488 e. The Kier molecular flexibility index (Phi) is 3.54. The van der Waals surface area contributed by atoms with Crippen molar-refractivity contribution in [3.05, 3.63) is 65.4 Å². The van der Waals surface area contributed by atoms with Gasteiger partial charge in [0.15, 0.2) is 11.5 Å². The minimum absolute atomic E-state index is 0.265. The van der Waals surface area contributed by atoms with Gasteiger partial charge in [0.05, 0.1) is 11.1 Å². The Morgan fingerprint density at radius 1 is 1.21 bits per heavy atom. The van der Waals surface area contributed by atoms with Crippen LogP contribution in [0.25, 0.3) is 11.3 Å². The maximum Gasteiger partial charge on any atom is 0.278 e. The summed E-state index contributed by atoms with van der Waals surface area (Å²) in [5, 5.41) is 6.84. The number of hydrogen-bond acceptors (Lipinski definition) is 4. The van der Waals surface area contributed by atoms with E-state index in [1.807, 2.05) is 48.5 Å². The van der Waals surface area contributed by atoms with Crippen LogP contribution >= 0.6 is 0 Å². The molecule has 5 nitrogen and oxygen atoms in total. The van der Waals surface area contributed by atoms with E-state index in [0.717, 1.165) is 29.0 Å². The molecule has 0 bridgehead atoms. The number of hydrogen-bond donors (Lipinski definition) is 1. The van der Waals surface area contributed by atoms with E-state index in [1.165, 1.54) is 0 Å². The number of aryl methyl sites for hydroxylation is 1. The van der Waals surface area contributed by atoms with Crippen LogP contribution in [-0.2, 0) is 13.0 Å². The second kappa shape index (κ2) is 5.85. The molecule has 1 N–H and O–H groups in total. The van der Waals surface area contributed by atoms with Gasteiger partial charge in [0.1, 0.15) is 12.4 Å². The molecule has 0 radical (unpaired) electrons. The van der Waals surface area contributed by atoms with Gasteiger partial charge in [0, 0.05) is 5.69 Å². The summed E-state index contributed by atoms with van der Waals surface area (Å²) < 4.78 is 11.1. The van der Waals surface area contributed by atoms with Crippen LogP contribution in [0.4, 0.5) is 5.69 Å². The van der Waals surface area contributed by atoms with Crippen LogP contribution in [0.15, 0.2) is 53.1 Å². The second-order valence-corrected chi connectivity index (χ2v) is 5.63. The van der Waals surface area contributed by atoms with Crippen LogP contribution in [0.3, 0.4) is 0 Å². The van der Waals surface area contributed by atoms with E-state index in [2.05, 4.69) is 17.4 Å². The smallest absolute Gasteiger partial charge is 0.278 e. The van der Waals surface area contributed by atoms with Gasteiger partial charge in [-0.3, -0.25) is 4.79 Å². The Balaban J connectivity index is 1.64. The molecule has 0 aliphatic carbocycles. The number of fused-ring (bicyclic) bond motifs is 3. The Labute approximate surface area is 139 Å². The molecule has 120 valence electrons. The maximum atomic E-state index is 12.6. The first-order valence-electron chi connectivity index (χ1n) is 7.87. The number of rotatable bonds is 3. The van der Waals surface area contributed by atoms with E-state index in [9.17, 15) is 4.79 Å². The van der Waals surface area contributed by atoms with Gasteiger partial charge >= 0.3 is 0 Å². The van der Waals surface area contributed by atoms with E-state index in [1.54, 1.807) is 0 Å². The van der Waals surface area contributed by atoms with Crippen molar-refractivity contribution in [3.8, 4) is 17.1 Å². The third kappa shape index (κ3) is 2.44. The average molecular weight is 320 g/mol. The monoisotopic (exact) mass is 320 g/mol. The first-order valence-corrected chi connectivity index (χ1v) is 7.87. The molecule has 1 aliphatic rings. The van der Waals surface area contributed by atoms with Crippen LogP contribution in [0.5, 0.6) is 5.75 Å². The number of aromatic nitrogens is 1. The molecule has 2 heterocycles. The van der Waals surface area contributed by atoms with Crippen molar-refractivity contribution < 1.29 is 14.1 Å². The van der Waals surface area contributed by atoms with Gasteiger partial charge in [0.25, 0.3) is 5.91 Å². The highest BCUT2D eigenvalue weighted by molar-refractivity contribution is 6.04. The van der Waals surface area contributed by atoms with Crippen LogP contribution in [0.2, 0.25) is 0 Å². The Morgan fingerprint density at radius 2 is 2.08 bits per heavy atom. The van der Waals surface area contributed by atoms with Crippen molar-refractivity contribution in [1.29, 1.82) is 0 Å². The number of anilines is 1. The fraction of sp³-hybridized carbons (Fsp3) is 0.158. The summed E-state index contributed by atoms with van der Waals surface area (Å²) in [5.41, 5.74) is 3.66. The topological polar surface area (TPSA) is 64.4 Å². The van der Waals surface area contributed by atoms with E-state index in [0.29, 0.717) is 11.3 Å².